The molecule has 0 aromatic heterocycles. The Morgan fingerprint density at radius 3 is 2.54 bits per heavy atom. The third-order valence-corrected chi connectivity index (χ3v) is 5.49. The van der Waals surface area contributed by atoms with Crippen molar-refractivity contribution in [1.82, 2.24) is 5.01 Å². The van der Waals surface area contributed by atoms with Crippen molar-refractivity contribution in [2.45, 2.75) is 51.2 Å². The number of aliphatic imine (C=N–C) groups is 1. The normalized spacial score (nSPS) is 26.6. The van der Waals surface area contributed by atoms with E-state index >= 15 is 0 Å². The standard InChI is InChI=1S/C20H26FN3/c1-15(20(2)11-7-8-12-20)19(22-3)23-24-14-17(21)13-18(24)16-9-5-4-6-10-16/h4-6,9-10,17-18H,1,3,7-8,11-14H2,2H3/b23-19-. The molecular weight excluding hydrogens is 301 g/mol. The lowest BCUT2D eigenvalue weighted by atomic mass is 9.81. The summed E-state index contributed by atoms with van der Waals surface area (Å²) in [4.78, 5) is 4.13. The molecular formula is C20H26FN3. The molecule has 1 aromatic rings. The van der Waals surface area contributed by atoms with Crippen LogP contribution in [0, 0.1) is 5.41 Å². The predicted molar refractivity (Wildman–Crippen MR) is 98.1 cm³/mol. The summed E-state index contributed by atoms with van der Waals surface area (Å²) in [6.45, 7) is 10.5. The summed E-state index contributed by atoms with van der Waals surface area (Å²) in [5.41, 5.74) is 2.06. The quantitative estimate of drug-likeness (QED) is 0.570. The maximum Gasteiger partial charge on any atom is 0.174 e. The predicted octanol–water partition coefficient (Wildman–Crippen LogP) is 4.92. The van der Waals surface area contributed by atoms with Crippen molar-refractivity contribution in [1.29, 1.82) is 0 Å². The zero-order chi connectivity index (χ0) is 17.2. The van der Waals surface area contributed by atoms with Crippen LogP contribution in [0.15, 0.2) is 52.6 Å². The lowest BCUT2D eigenvalue weighted by molar-refractivity contribution is 0.256. The highest BCUT2D eigenvalue weighted by Crippen LogP contribution is 2.44. The van der Waals surface area contributed by atoms with Crippen molar-refractivity contribution in [3.05, 3.63) is 48.0 Å². The van der Waals surface area contributed by atoms with Gasteiger partial charge in [-0.25, -0.2) is 9.38 Å². The average molecular weight is 327 g/mol. The highest BCUT2D eigenvalue weighted by atomic mass is 19.1. The van der Waals surface area contributed by atoms with E-state index in [4.69, 9.17) is 0 Å². The number of halogens is 1. The molecule has 0 N–H and O–H groups in total. The number of rotatable bonds is 4. The lowest BCUT2D eigenvalue weighted by Crippen LogP contribution is -2.25. The summed E-state index contributed by atoms with van der Waals surface area (Å²) in [5, 5.41) is 6.50. The van der Waals surface area contributed by atoms with Gasteiger partial charge in [0.05, 0.1) is 12.6 Å². The van der Waals surface area contributed by atoms with Crippen LogP contribution < -0.4 is 0 Å². The van der Waals surface area contributed by atoms with Crippen molar-refractivity contribution in [2.75, 3.05) is 6.54 Å². The number of benzene rings is 1. The molecule has 24 heavy (non-hydrogen) atoms. The number of hydrogen-bond donors (Lipinski definition) is 0. The van der Waals surface area contributed by atoms with Gasteiger partial charge >= 0.3 is 0 Å². The summed E-state index contributed by atoms with van der Waals surface area (Å²) < 4.78 is 14.1. The summed E-state index contributed by atoms with van der Waals surface area (Å²) in [6, 6.07) is 9.93. The fourth-order valence-corrected chi connectivity index (χ4v) is 3.90. The molecule has 3 rings (SSSR count). The molecule has 128 valence electrons. The number of hydrogen-bond acceptors (Lipinski definition) is 2. The Labute approximate surface area is 144 Å². The summed E-state index contributed by atoms with van der Waals surface area (Å²) in [5.74, 6) is 0.564. The Kier molecular flexibility index (Phi) is 4.83. The molecule has 4 heteroatoms. The molecule has 2 fully saturated rings. The largest absolute Gasteiger partial charge is 0.284 e. The molecule has 2 aliphatic rings. The van der Waals surface area contributed by atoms with Gasteiger partial charge in [-0.1, -0.05) is 56.7 Å². The van der Waals surface area contributed by atoms with E-state index in [1.807, 2.05) is 35.3 Å². The van der Waals surface area contributed by atoms with E-state index in [2.05, 4.69) is 30.3 Å². The Hall–Kier alpha value is -1.97. The Bertz CT molecular complexity index is 632. The van der Waals surface area contributed by atoms with Crippen molar-refractivity contribution in [3.63, 3.8) is 0 Å². The van der Waals surface area contributed by atoms with Crippen molar-refractivity contribution in [2.24, 2.45) is 15.5 Å². The van der Waals surface area contributed by atoms with E-state index in [1.54, 1.807) is 0 Å². The molecule has 1 aliphatic carbocycles. The molecule has 1 saturated heterocycles. The maximum atomic E-state index is 14.1. The van der Waals surface area contributed by atoms with Gasteiger partial charge in [-0.2, -0.15) is 5.10 Å². The second-order valence-corrected chi connectivity index (χ2v) is 7.21. The summed E-state index contributed by atoms with van der Waals surface area (Å²) in [6.07, 6.45) is 4.22. The van der Waals surface area contributed by atoms with Crippen molar-refractivity contribution in [3.8, 4) is 0 Å². The van der Waals surface area contributed by atoms with Crippen LogP contribution in [0.3, 0.4) is 0 Å². The monoisotopic (exact) mass is 327 g/mol. The first-order valence-corrected chi connectivity index (χ1v) is 8.74. The molecule has 1 aromatic carbocycles. The van der Waals surface area contributed by atoms with E-state index < -0.39 is 6.17 Å². The fraction of sp³-hybridized carbons (Fsp3) is 0.500. The molecule has 0 radical (unpaired) electrons. The van der Waals surface area contributed by atoms with Crippen LogP contribution >= 0.6 is 0 Å². The fourth-order valence-electron chi connectivity index (χ4n) is 3.90. The zero-order valence-electron chi connectivity index (χ0n) is 14.4. The minimum Gasteiger partial charge on any atom is -0.284 e. The first-order valence-electron chi connectivity index (χ1n) is 8.74. The molecule has 3 nitrogen and oxygen atoms in total. The molecule has 1 heterocycles. The van der Waals surface area contributed by atoms with Gasteiger partial charge in [0.15, 0.2) is 5.84 Å². The minimum absolute atomic E-state index is 0.0388. The topological polar surface area (TPSA) is 28.0 Å². The van der Waals surface area contributed by atoms with E-state index in [0.717, 1.165) is 24.0 Å². The maximum absolute atomic E-state index is 14.1. The Balaban J connectivity index is 1.86. The second-order valence-electron chi connectivity index (χ2n) is 7.21. The minimum atomic E-state index is -0.875. The summed E-state index contributed by atoms with van der Waals surface area (Å²) >= 11 is 0. The van der Waals surface area contributed by atoms with Crippen LogP contribution in [0.5, 0.6) is 0 Å². The molecule has 2 unspecified atom stereocenters. The van der Waals surface area contributed by atoms with E-state index in [-0.39, 0.29) is 11.5 Å². The van der Waals surface area contributed by atoms with Gasteiger partial charge in [-0.15, -0.1) is 0 Å². The van der Waals surface area contributed by atoms with Gasteiger partial charge in [0.25, 0.3) is 0 Å². The SMILES string of the molecule is C=N/C(=N\N1CC(F)CC1c1ccccc1)C(=C)C1(C)CCCC1. The van der Waals surface area contributed by atoms with Crippen molar-refractivity contribution >= 4 is 12.6 Å². The molecule has 1 saturated carbocycles. The smallest absolute Gasteiger partial charge is 0.174 e. The molecule has 2 atom stereocenters. The third kappa shape index (κ3) is 3.28. The third-order valence-electron chi connectivity index (χ3n) is 5.49. The Morgan fingerprint density at radius 2 is 1.92 bits per heavy atom. The lowest BCUT2D eigenvalue weighted by Gasteiger charge is -2.28. The second kappa shape index (κ2) is 6.88. The Morgan fingerprint density at radius 1 is 1.25 bits per heavy atom. The number of amidine groups is 1. The van der Waals surface area contributed by atoms with Crippen LogP contribution in [-0.2, 0) is 0 Å². The van der Waals surface area contributed by atoms with Gasteiger partial charge in [0.2, 0.25) is 0 Å². The molecule has 0 spiro atoms. The van der Waals surface area contributed by atoms with E-state index in [9.17, 15) is 4.39 Å². The first kappa shape index (κ1) is 16.9. The highest BCUT2D eigenvalue weighted by Gasteiger charge is 2.36. The van der Waals surface area contributed by atoms with Crippen LogP contribution in [-0.4, -0.2) is 30.3 Å². The van der Waals surface area contributed by atoms with E-state index in [1.165, 1.54) is 12.8 Å². The summed E-state index contributed by atoms with van der Waals surface area (Å²) in [7, 11) is 0. The average Bonchev–Trinajstić information content (AvgIpc) is 3.19. The van der Waals surface area contributed by atoms with Crippen LogP contribution in [0.2, 0.25) is 0 Å². The van der Waals surface area contributed by atoms with Crippen LogP contribution in [0.25, 0.3) is 0 Å². The molecule has 0 bridgehead atoms. The highest BCUT2D eigenvalue weighted by molar-refractivity contribution is 6.01. The van der Waals surface area contributed by atoms with Gasteiger partial charge in [0, 0.05) is 6.42 Å². The van der Waals surface area contributed by atoms with Crippen LogP contribution in [0.1, 0.15) is 50.6 Å². The van der Waals surface area contributed by atoms with Crippen molar-refractivity contribution < 1.29 is 4.39 Å². The van der Waals surface area contributed by atoms with Gasteiger partial charge in [-0.05, 0) is 36.1 Å². The van der Waals surface area contributed by atoms with Gasteiger partial charge < -0.3 is 0 Å². The molecule has 1 aliphatic heterocycles. The number of nitrogens with zero attached hydrogens (tertiary/aromatic N) is 3. The van der Waals surface area contributed by atoms with Crippen LogP contribution in [0.4, 0.5) is 4.39 Å². The number of hydrazone groups is 1. The van der Waals surface area contributed by atoms with E-state index in [0.29, 0.717) is 18.8 Å². The zero-order valence-corrected chi connectivity index (χ0v) is 14.4. The first-order chi connectivity index (χ1) is 11.5. The molecule has 0 amide bonds. The van der Waals surface area contributed by atoms with Gasteiger partial charge in [0.1, 0.15) is 6.17 Å². The van der Waals surface area contributed by atoms with Gasteiger partial charge in [-0.3, -0.25) is 5.01 Å². The number of alkyl halides is 1.